The average molecular weight is 435 g/mol. The first-order chi connectivity index (χ1) is 15.0. The highest BCUT2D eigenvalue weighted by atomic mass is 32.2. The van der Waals surface area contributed by atoms with Gasteiger partial charge in [-0.25, -0.2) is 4.98 Å². The largest absolute Gasteiger partial charge is 0.490 e. The molecule has 3 heterocycles. The molecule has 158 valence electrons. The number of ether oxygens (including phenoxy) is 1. The van der Waals surface area contributed by atoms with Crippen molar-refractivity contribution in [2.45, 2.75) is 18.9 Å². The minimum Gasteiger partial charge on any atom is -0.490 e. The van der Waals surface area contributed by atoms with Crippen molar-refractivity contribution >= 4 is 40.0 Å². The van der Waals surface area contributed by atoms with Crippen molar-refractivity contribution in [2.75, 3.05) is 20.1 Å². The van der Waals surface area contributed by atoms with E-state index in [-0.39, 0.29) is 17.3 Å². The number of aromatic nitrogens is 2. The van der Waals surface area contributed by atoms with Crippen LogP contribution in [0.2, 0.25) is 0 Å². The molecule has 0 spiro atoms. The number of thioether (sulfide) groups is 1. The maximum atomic E-state index is 11.8. The molecule has 0 atom stereocenters. The maximum absolute atomic E-state index is 11.8. The topological polar surface area (TPSA) is 76.5 Å². The first-order valence-corrected chi connectivity index (χ1v) is 11.0. The summed E-state index contributed by atoms with van der Waals surface area (Å²) < 4.78 is 8.15. The fourth-order valence-corrected chi connectivity index (χ4v) is 4.56. The molecule has 31 heavy (non-hydrogen) atoms. The molecule has 2 aliphatic rings. The van der Waals surface area contributed by atoms with Gasteiger partial charge in [-0.2, -0.15) is 0 Å². The minimum absolute atomic E-state index is 0.268. The molecule has 5 rings (SSSR count). The van der Waals surface area contributed by atoms with E-state index < -0.39 is 0 Å². The molecule has 0 bridgehead atoms. The number of rotatable bonds is 4. The van der Waals surface area contributed by atoms with Gasteiger partial charge in [-0.05, 0) is 79.7 Å². The second kappa shape index (κ2) is 8.20. The van der Waals surface area contributed by atoms with E-state index in [1.54, 1.807) is 12.4 Å². The van der Waals surface area contributed by atoms with Crippen molar-refractivity contribution in [3.8, 4) is 11.4 Å². The van der Waals surface area contributed by atoms with E-state index in [2.05, 4.69) is 22.2 Å². The van der Waals surface area contributed by atoms with Gasteiger partial charge < -0.3 is 9.64 Å². The molecule has 2 fully saturated rings. The molecule has 2 saturated heterocycles. The molecular weight excluding hydrogens is 412 g/mol. The van der Waals surface area contributed by atoms with Crippen LogP contribution in [0.15, 0.2) is 53.7 Å². The first-order valence-electron chi connectivity index (χ1n) is 10.2. The Bertz CT molecular complexity index is 1180. The van der Waals surface area contributed by atoms with Gasteiger partial charge in [0, 0.05) is 18.8 Å². The quantitative estimate of drug-likeness (QED) is 0.629. The lowest BCUT2D eigenvalue weighted by atomic mass is 10.1. The van der Waals surface area contributed by atoms with Gasteiger partial charge in [0.1, 0.15) is 18.2 Å². The Morgan fingerprint density at radius 2 is 1.90 bits per heavy atom. The van der Waals surface area contributed by atoms with E-state index in [4.69, 9.17) is 4.74 Å². The molecule has 2 amide bonds. The van der Waals surface area contributed by atoms with Crippen LogP contribution in [0.1, 0.15) is 18.4 Å². The predicted octanol–water partition coefficient (Wildman–Crippen LogP) is 3.82. The summed E-state index contributed by atoms with van der Waals surface area (Å²) in [7, 11) is 2.14. The molecule has 3 aromatic rings. The highest BCUT2D eigenvalue weighted by Crippen LogP contribution is 2.28. The zero-order valence-electron chi connectivity index (χ0n) is 17.1. The number of carbonyl (C=O) groups is 2. The highest BCUT2D eigenvalue weighted by Gasteiger charge is 2.25. The third kappa shape index (κ3) is 4.22. The van der Waals surface area contributed by atoms with Crippen LogP contribution in [0.3, 0.4) is 0 Å². The van der Waals surface area contributed by atoms with Crippen LogP contribution in [-0.2, 0) is 4.79 Å². The van der Waals surface area contributed by atoms with Crippen LogP contribution in [0.5, 0.6) is 5.75 Å². The van der Waals surface area contributed by atoms with Gasteiger partial charge in [-0.15, -0.1) is 0 Å². The van der Waals surface area contributed by atoms with Gasteiger partial charge in [0.05, 0.1) is 15.9 Å². The molecule has 8 heteroatoms. The van der Waals surface area contributed by atoms with E-state index in [0.717, 1.165) is 65.7 Å². The van der Waals surface area contributed by atoms with Crippen LogP contribution in [0, 0.1) is 0 Å². The molecule has 1 N–H and O–H groups in total. The molecule has 0 saturated carbocycles. The lowest BCUT2D eigenvalue weighted by molar-refractivity contribution is -0.115. The number of amides is 2. The first kappa shape index (κ1) is 19.8. The van der Waals surface area contributed by atoms with Crippen molar-refractivity contribution in [2.24, 2.45) is 0 Å². The number of piperidine rings is 1. The fraction of sp³-hybridized carbons (Fsp3) is 0.261. The molecule has 2 aromatic carbocycles. The van der Waals surface area contributed by atoms with Crippen LogP contribution in [0.25, 0.3) is 22.8 Å². The third-order valence-electron chi connectivity index (χ3n) is 5.59. The Hall–Kier alpha value is -3.10. The second-order valence-electron chi connectivity index (χ2n) is 7.83. The number of fused-ring (bicyclic) bond motifs is 1. The highest BCUT2D eigenvalue weighted by molar-refractivity contribution is 8.18. The van der Waals surface area contributed by atoms with Gasteiger partial charge >= 0.3 is 0 Å². The van der Waals surface area contributed by atoms with Crippen molar-refractivity contribution in [3.63, 3.8) is 0 Å². The maximum Gasteiger partial charge on any atom is 0.290 e. The Kier molecular flexibility index (Phi) is 5.25. The van der Waals surface area contributed by atoms with Gasteiger partial charge in [-0.1, -0.05) is 6.07 Å². The summed E-state index contributed by atoms with van der Waals surface area (Å²) >= 11 is 0.915. The van der Waals surface area contributed by atoms with E-state index >= 15 is 0 Å². The van der Waals surface area contributed by atoms with Crippen LogP contribution in [0.4, 0.5) is 4.79 Å². The Balaban J connectivity index is 1.38. The summed E-state index contributed by atoms with van der Waals surface area (Å²) in [6.45, 7) is 2.13. The van der Waals surface area contributed by atoms with E-state index in [1.807, 2.05) is 47.0 Å². The number of benzene rings is 2. The summed E-state index contributed by atoms with van der Waals surface area (Å²) in [5.41, 5.74) is 3.59. The third-order valence-corrected chi connectivity index (χ3v) is 6.40. The summed E-state index contributed by atoms with van der Waals surface area (Å²) in [4.78, 5) is 30.4. The van der Waals surface area contributed by atoms with Gasteiger partial charge in [0.15, 0.2) is 0 Å². The average Bonchev–Trinajstić information content (AvgIpc) is 3.32. The number of imidazole rings is 1. The lowest BCUT2D eigenvalue weighted by Crippen LogP contribution is -2.35. The van der Waals surface area contributed by atoms with Crippen LogP contribution in [-0.4, -0.2) is 51.8 Å². The molecule has 7 nitrogen and oxygen atoms in total. The van der Waals surface area contributed by atoms with Crippen molar-refractivity contribution in [3.05, 3.63) is 59.3 Å². The second-order valence-corrected chi connectivity index (χ2v) is 8.84. The number of nitrogens with one attached hydrogen (secondary N) is 1. The fourth-order valence-electron chi connectivity index (χ4n) is 3.87. The minimum atomic E-state index is -0.358. The standard InChI is InChI=1S/C23H22N4O3S/c1-26-10-8-18(9-11-26)30-17-5-3-16(4-6-17)27-14-24-19-7-2-15(12-20(19)27)13-21-22(28)25-23(29)31-21/h2-7,12-14,18H,8-11H2,1H3,(H,25,28,29). The summed E-state index contributed by atoms with van der Waals surface area (Å²) in [6.07, 6.45) is 5.87. The Morgan fingerprint density at radius 1 is 1.13 bits per heavy atom. The molecule has 0 unspecified atom stereocenters. The SMILES string of the molecule is CN1CCC(Oc2ccc(-n3cnc4ccc(C=C5SC(=O)NC5=O)cc43)cc2)CC1. The number of nitrogens with zero attached hydrogens (tertiary/aromatic N) is 3. The van der Waals surface area contributed by atoms with E-state index in [9.17, 15) is 9.59 Å². The van der Waals surface area contributed by atoms with E-state index in [1.165, 1.54) is 0 Å². The number of hydrogen-bond donors (Lipinski definition) is 1. The molecule has 0 aliphatic carbocycles. The van der Waals surface area contributed by atoms with Gasteiger partial charge in [0.2, 0.25) is 0 Å². The normalized spacial score (nSPS) is 19.3. The number of hydrogen-bond acceptors (Lipinski definition) is 6. The van der Waals surface area contributed by atoms with Crippen molar-refractivity contribution in [1.82, 2.24) is 19.8 Å². The summed E-state index contributed by atoms with van der Waals surface area (Å²) in [5, 5.41) is 1.94. The number of likely N-dealkylation sites (tertiary alicyclic amines) is 1. The summed E-state index contributed by atoms with van der Waals surface area (Å²) in [6, 6.07) is 13.8. The molecule has 2 aliphatic heterocycles. The lowest BCUT2D eigenvalue weighted by Gasteiger charge is -2.29. The monoisotopic (exact) mass is 434 g/mol. The molecule has 1 aromatic heterocycles. The zero-order chi connectivity index (χ0) is 21.4. The zero-order valence-corrected chi connectivity index (χ0v) is 17.9. The van der Waals surface area contributed by atoms with Crippen LogP contribution >= 0.6 is 11.8 Å². The van der Waals surface area contributed by atoms with Crippen molar-refractivity contribution < 1.29 is 14.3 Å². The predicted molar refractivity (Wildman–Crippen MR) is 121 cm³/mol. The number of carbonyl (C=O) groups excluding carboxylic acids is 2. The van der Waals surface area contributed by atoms with Gasteiger partial charge in [-0.3, -0.25) is 19.5 Å². The molecular formula is C23H22N4O3S. The number of imide groups is 1. The Labute approximate surface area is 184 Å². The van der Waals surface area contributed by atoms with Gasteiger partial charge in [0.25, 0.3) is 11.1 Å². The Morgan fingerprint density at radius 3 is 2.61 bits per heavy atom. The van der Waals surface area contributed by atoms with Crippen molar-refractivity contribution in [1.29, 1.82) is 0 Å². The smallest absolute Gasteiger partial charge is 0.290 e. The van der Waals surface area contributed by atoms with Crippen LogP contribution < -0.4 is 10.1 Å². The molecule has 0 radical (unpaired) electrons. The summed E-state index contributed by atoms with van der Waals surface area (Å²) in [5.74, 6) is 0.519. The van der Waals surface area contributed by atoms with E-state index in [0.29, 0.717) is 4.91 Å².